The van der Waals surface area contributed by atoms with Gasteiger partial charge in [0.25, 0.3) is 0 Å². The largest absolute Gasteiger partial charge is 0.481 e. The van der Waals surface area contributed by atoms with Gasteiger partial charge in [0.15, 0.2) is 0 Å². The molecule has 33 heavy (non-hydrogen) atoms. The van der Waals surface area contributed by atoms with E-state index in [4.69, 9.17) is 9.47 Å². The number of H-pyrrole nitrogens is 1. The fourth-order valence-corrected chi connectivity index (χ4v) is 3.56. The van der Waals surface area contributed by atoms with Crippen LogP contribution in [-0.4, -0.2) is 39.6 Å². The number of rotatable bonds is 8. The van der Waals surface area contributed by atoms with Crippen LogP contribution in [0.3, 0.4) is 0 Å². The molecule has 1 amide bonds. The van der Waals surface area contributed by atoms with Crippen LogP contribution >= 0.6 is 0 Å². The van der Waals surface area contributed by atoms with E-state index in [0.29, 0.717) is 30.1 Å². The van der Waals surface area contributed by atoms with Crippen molar-refractivity contribution in [2.24, 2.45) is 5.92 Å². The highest BCUT2D eigenvalue weighted by molar-refractivity contribution is 5.99. The molecule has 0 unspecified atom stereocenters. The zero-order valence-corrected chi connectivity index (χ0v) is 18.2. The number of ether oxygens (including phenoxy) is 2. The summed E-state index contributed by atoms with van der Waals surface area (Å²) in [4.78, 5) is 28.3. The summed E-state index contributed by atoms with van der Waals surface area (Å²) in [5.74, 6) is 1.66. The molecule has 166 valence electrons. The van der Waals surface area contributed by atoms with Crippen LogP contribution in [0.25, 0.3) is 33.3 Å². The lowest BCUT2D eigenvalue weighted by Crippen LogP contribution is -2.10. The number of fused-ring (bicyclic) bond motifs is 1. The Hall–Kier alpha value is -4.20. The van der Waals surface area contributed by atoms with E-state index >= 15 is 0 Å². The second-order valence-electron chi connectivity index (χ2n) is 7.94. The molecule has 0 saturated heterocycles. The number of nitrogens with one attached hydrogen (secondary N) is 2. The molecule has 8 nitrogen and oxygen atoms in total. The lowest BCUT2D eigenvalue weighted by atomic mass is 10.0. The summed E-state index contributed by atoms with van der Waals surface area (Å²) in [7, 11) is 1.59. The third kappa shape index (κ3) is 4.55. The van der Waals surface area contributed by atoms with Crippen molar-refractivity contribution < 1.29 is 14.3 Å². The molecule has 0 radical (unpaired) electrons. The van der Waals surface area contributed by atoms with E-state index < -0.39 is 0 Å². The number of hydrogen-bond donors (Lipinski definition) is 2. The number of aromatic amines is 1. The average molecular weight is 441 g/mol. The zero-order chi connectivity index (χ0) is 22.8. The van der Waals surface area contributed by atoms with Crippen molar-refractivity contribution in [2.45, 2.75) is 12.8 Å². The summed E-state index contributed by atoms with van der Waals surface area (Å²) < 4.78 is 11.2. The van der Waals surface area contributed by atoms with Gasteiger partial charge in [-0.2, -0.15) is 4.98 Å². The first kappa shape index (κ1) is 20.7. The minimum Gasteiger partial charge on any atom is -0.481 e. The van der Waals surface area contributed by atoms with Crippen LogP contribution < -0.4 is 14.8 Å². The van der Waals surface area contributed by atoms with Gasteiger partial charge in [0, 0.05) is 47.2 Å². The van der Waals surface area contributed by atoms with Gasteiger partial charge in [0.1, 0.15) is 11.5 Å². The first-order chi connectivity index (χ1) is 16.1. The number of aromatic nitrogens is 4. The van der Waals surface area contributed by atoms with Crippen LogP contribution in [0, 0.1) is 5.92 Å². The SMILES string of the molecule is C=CC(=O)Nc1cc(-c2cnc3[nH]cc(-c4ccnc(OC)c4)c3c2)cc(OCC2CC2)n1. The molecule has 1 aliphatic carbocycles. The van der Waals surface area contributed by atoms with Gasteiger partial charge in [-0.3, -0.25) is 4.79 Å². The number of amides is 1. The van der Waals surface area contributed by atoms with Gasteiger partial charge in [-0.05, 0) is 54.2 Å². The number of anilines is 1. The Balaban J connectivity index is 1.55. The van der Waals surface area contributed by atoms with Crippen LogP contribution in [-0.2, 0) is 4.79 Å². The number of carbonyl (C=O) groups excluding carboxylic acids is 1. The van der Waals surface area contributed by atoms with Crippen LogP contribution in [0.1, 0.15) is 12.8 Å². The fourth-order valence-electron chi connectivity index (χ4n) is 3.56. The molecule has 4 aromatic rings. The summed E-state index contributed by atoms with van der Waals surface area (Å²) in [5, 5.41) is 3.69. The summed E-state index contributed by atoms with van der Waals surface area (Å²) >= 11 is 0. The monoisotopic (exact) mass is 441 g/mol. The van der Waals surface area contributed by atoms with Gasteiger partial charge in [-0.25, -0.2) is 9.97 Å². The standard InChI is InChI=1S/C25H23N5O3/c1-3-22(31)29-21-9-17(11-24(30-21)33-14-15-4-5-15)18-8-19-20(13-28-25(19)27-12-18)16-6-7-26-23(10-16)32-2/h3,6-13,15H,1,4-5,14H2,2H3,(H,27,28)(H,29,30,31). The van der Waals surface area contributed by atoms with Gasteiger partial charge in [-0.1, -0.05) is 6.58 Å². The predicted molar refractivity (Wildman–Crippen MR) is 126 cm³/mol. The number of pyridine rings is 3. The van der Waals surface area contributed by atoms with Gasteiger partial charge >= 0.3 is 0 Å². The second kappa shape index (κ2) is 8.74. The quantitative estimate of drug-likeness (QED) is 0.387. The van der Waals surface area contributed by atoms with Crippen molar-refractivity contribution in [3.05, 3.63) is 61.6 Å². The maximum atomic E-state index is 11.9. The Bertz CT molecular complexity index is 1340. The van der Waals surface area contributed by atoms with E-state index in [1.807, 2.05) is 24.4 Å². The number of nitrogens with zero attached hydrogens (tertiary/aromatic N) is 3. The van der Waals surface area contributed by atoms with Crippen molar-refractivity contribution in [2.75, 3.05) is 19.0 Å². The zero-order valence-electron chi connectivity index (χ0n) is 18.2. The van der Waals surface area contributed by atoms with E-state index in [1.165, 1.54) is 18.9 Å². The summed E-state index contributed by atoms with van der Waals surface area (Å²) in [6.07, 6.45) is 8.98. The molecule has 0 spiro atoms. The predicted octanol–water partition coefficient (Wildman–Crippen LogP) is 4.61. The lowest BCUT2D eigenvalue weighted by molar-refractivity contribution is -0.111. The van der Waals surface area contributed by atoms with Crippen LogP contribution in [0.5, 0.6) is 11.8 Å². The highest BCUT2D eigenvalue weighted by Gasteiger charge is 2.22. The molecular weight excluding hydrogens is 418 g/mol. The summed E-state index contributed by atoms with van der Waals surface area (Å²) in [5.41, 5.74) is 4.43. The van der Waals surface area contributed by atoms with E-state index in [2.05, 4.69) is 37.9 Å². The van der Waals surface area contributed by atoms with E-state index in [1.54, 1.807) is 25.6 Å². The van der Waals surface area contributed by atoms with Crippen LogP contribution in [0.15, 0.2) is 61.6 Å². The Morgan fingerprint density at radius 1 is 1.18 bits per heavy atom. The number of carbonyl (C=O) groups is 1. The molecule has 0 bridgehead atoms. The second-order valence-corrected chi connectivity index (χ2v) is 7.94. The molecule has 4 aromatic heterocycles. The molecule has 0 aromatic carbocycles. The molecule has 0 aliphatic heterocycles. The Morgan fingerprint density at radius 2 is 2.03 bits per heavy atom. The minimum atomic E-state index is -0.332. The van der Waals surface area contributed by atoms with E-state index in [9.17, 15) is 4.79 Å². The van der Waals surface area contributed by atoms with Gasteiger partial charge in [-0.15, -0.1) is 0 Å². The lowest BCUT2D eigenvalue weighted by Gasteiger charge is -2.11. The molecule has 5 rings (SSSR count). The van der Waals surface area contributed by atoms with Crippen molar-refractivity contribution in [1.29, 1.82) is 0 Å². The summed E-state index contributed by atoms with van der Waals surface area (Å²) in [6, 6.07) is 9.54. The first-order valence-corrected chi connectivity index (χ1v) is 10.7. The molecular formula is C25H23N5O3. The van der Waals surface area contributed by atoms with Crippen LogP contribution in [0.2, 0.25) is 0 Å². The van der Waals surface area contributed by atoms with Crippen molar-refractivity contribution in [3.63, 3.8) is 0 Å². The molecule has 1 fully saturated rings. The first-order valence-electron chi connectivity index (χ1n) is 10.7. The topological polar surface area (TPSA) is 102 Å². The Kier molecular flexibility index (Phi) is 5.48. The molecule has 2 N–H and O–H groups in total. The fraction of sp³-hybridized carbons (Fsp3) is 0.200. The molecule has 0 atom stereocenters. The van der Waals surface area contributed by atoms with Crippen molar-refractivity contribution in [1.82, 2.24) is 19.9 Å². The Labute approximate surface area is 190 Å². The Morgan fingerprint density at radius 3 is 2.82 bits per heavy atom. The molecule has 1 saturated carbocycles. The third-order valence-corrected chi connectivity index (χ3v) is 5.52. The van der Waals surface area contributed by atoms with Gasteiger partial charge in [0.2, 0.25) is 17.7 Å². The third-order valence-electron chi connectivity index (χ3n) is 5.52. The van der Waals surface area contributed by atoms with Crippen molar-refractivity contribution >= 4 is 22.8 Å². The van der Waals surface area contributed by atoms with E-state index in [-0.39, 0.29) is 5.91 Å². The van der Waals surface area contributed by atoms with Gasteiger partial charge < -0.3 is 19.8 Å². The van der Waals surface area contributed by atoms with Gasteiger partial charge in [0.05, 0.1) is 13.7 Å². The molecule has 4 heterocycles. The van der Waals surface area contributed by atoms with Crippen LogP contribution in [0.4, 0.5) is 5.82 Å². The maximum absolute atomic E-state index is 11.9. The minimum absolute atomic E-state index is 0.332. The summed E-state index contributed by atoms with van der Waals surface area (Å²) in [6.45, 7) is 4.13. The maximum Gasteiger partial charge on any atom is 0.248 e. The molecule has 8 heteroatoms. The highest BCUT2D eigenvalue weighted by Crippen LogP contribution is 2.34. The van der Waals surface area contributed by atoms with E-state index in [0.717, 1.165) is 33.3 Å². The number of methoxy groups -OCH3 is 1. The molecule has 1 aliphatic rings. The number of hydrogen-bond acceptors (Lipinski definition) is 6. The smallest absolute Gasteiger partial charge is 0.248 e. The normalized spacial score (nSPS) is 13.0. The average Bonchev–Trinajstić information content (AvgIpc) is 3.59. The van der Waals surface area contributed by atoms with Crippen molar-refractivity contribution in [3.8, 4) is 34.0 Å². The highest BCUT2D eigenvalue weighted by atomic mass is 16.5.